The SMILES string of the molecule is CCN(C)c1cc(NC(C)c2c(C)nn(C)c2C)ncn1. The molecule has 0 aliphatic heterocycles. The van der Waals surface area contributed by atoms with Crippen molar-refractivity contribution in [3.8, 4) is 0 Å². The van der Waals surface area contributed by atoms with E-state index in [0.717, 1.165) is 23.9 Å². The quantitative estimate of drug-likeness (QED) is 0.916. The number of aryl methyl sites for hydroxylation is 2. The highest BCUT2D eigenvalue weighted by atomic mass is 15.3. The fourth-order valence-electron chi connectivity index (χ4n) is 2.51. The minimum absolute atomic E-state index is 0.147. The highest BCUT2D eigenvalue weighted by Gasteiger charge is 2.16. The first-order chi connectivity index (χ1) is 9.93. The van der Waals surface area contributed by atoms with Crippen molar-refractivity contribution in [1.82, 2.24) is 19.7 Å². The van der Waals surface area contributed by atoms with Gasteiger partial charge in [0.25, 0.3) is 0 Å². The van der Waals surface area contributed by atoms with E-state index in [1.807, 2.05) is 31.8 Å². The van der Waals surface area contributed by atoms with E-state index < -0.39 is 0 Å². The number of hydrogen-bond donors (Lipinski definition) is 1. The molecule has 0 spiro atoms. The van der Waals surface area contributed by atoms with Crippen LogP contribution in [0.2, 0.25) is 0 Å². The van der Waals surface area contributed by atoms with Crippen LogP contribution in [0.25, 0.3) is 0 Å². The normalized spacial score (nSPS) is 12.3. The van der Waals surface area contributed by atoms with Crippen molar-refractivity contribution in [2.24, 2.45) is 7.05 Å². The minimum Gasteiger partial charge on any atom is -0.363 e. The van der Waals surface area contributed by atoms with Crippen LogP contribution < -0.4 is 10.2 Å². The molecule has 0 aliphatic carbocycles. The Bertz CT molecular complexity index is 619. The Morgan fingerprint density at radius 3 is 2.62 bits per heavy atom. The Hall–Kier alpha value is -2.11. The molecule has 0 aliphatic rings. The third-order valence-electron chi connectivity index (χ3n) is 3.88. The van der Waals surface area contributed by atoms with Crippen molar-refractivity contribution in [2.45, 2.75) is 33.7 Å². The Balaban J connectivity index is 2.21. The lowest BCUT2D eigenvalue weighted by molar-refractivity contribution is 0.728. The second-order valence-electron chi connectivity index (χ2n) is 5.35. The lowest BCUT2D eigenvalue weighted by atomic mass is 10.1. The second-order valence-corrected chi connectivity index (χ2v) is 5.35. The summed E-state index contributed by atoms with van der Waals surface area (Å²) >= 11 is 0. The van der Waals surface area contributed by atoms with Crippen LogP contribution in [0.1, 0.15) is 36.8 Å². The molecule has 2 aromatic rings. The molecule has 2 heterocycles. The molecule has 1 unspecified atom stereocenters. The number of aromatic nitrogens is 4. The fourth-order valence-corrected chi connectivity index (χ4v) is 2.51. The number of rotatable bonds is 5. The average Bonchev–Trinajstić information content (AvgIpc) is 2.71. The summed E-state index contributed by atoms with van der Waals surface area (Å²) in [6.07, 6.45) is 1.60. The zero-order valence-corrected chi connectivity index (χ0v) is 13.7. The molecule has 1 atom stereocenters. The van der Waals surface area contributed by atoms with Gasteiger partial charge in [-0.2, -0.15) is 5.10 Å². The monoisotopic (exact) mass is 288 g/mol. The van der Waals surface area contributed by atoms with Crippen molar-refractivity contribution < 1.29 is 0 Å². The molecule has 1 N–H and O–H groups in total. The summed E-state index contributed by atoms with van der Waals surface area (Å²) in [5.41, 5.74) is 3.45. The lowest BCUT2D eigenvalue weighted by Crippen LogP contribution is -2.18. The minimum atomic E-state index is 0.147. The van der Waals surface area contributed by atoms with Crippen LogP contribution in [0.4, 0.5) is 11.6 Å². The first-order valence-electron chi connectivity index (χ1n) is 7.23. The van der Waals surface area contributed by atoms with E-state index in [4.69, 9.17) is 0 Å². The van der Waals surface area contributed by atoms with Crippen molar-refractivity contribution >= 4 is 11.6 Å². The zero-order chi connectivity index (χ0) is 15.6. The van der Waals surface area contributed by atoms with E-state index >= 15 is 0 Å². The molecule has 0 saturated heterocycles. The van der Waals surface area contributed by atoms with E-state index in [-0.39, 0.29) is 6.04 Å². The molecular weight excluding hydrogens is 264 g/mol. The van der Waals surface area contributed by atoms with Gasteiger partial charge < -0.3 is 10.2 Å². The molecule has 0 radical (unpaired) electrons. The Kier molecular flexibility index (Phi) is 4.45. The van der Waals surface area contributed by atoms with Crippen LogP contribution in [0.5, 0.6) is 0 Å². The van der Waals surface area contributed by atoms with Gasteiger partial charge in [0.15, 0.2) is 0 Å². The van der Waals surface area contributed by atoms with E-state index in [1.165, 1.54) is 11.3 Å². The van der Waals surface area contributed by atoms with Crippen LogP contribution in [0, 0.1) is 13.8 Å². The number of anilines is 2. The predicted octanol–water partition coefficient (Wildman–Crippen LogP) is 2.46. The smallest absolute Gasteiger partial charge is 0.133 e. The first kappa shape index (κ1) is 15.3. The van der Waals surface area contributed by atoms with Crippen molar-refractivity contribution in [3.63, 3.8) is 0 Å². The molecule has 6 nitrogen and oxygen atoms in total. The van der Waals surface area contributed by atoms with E-state index in [0.29, 0.717) is 0 Å². The summed E-state index contributed by atoms with van der Waals surface area (Å²) in [4.78, 5) is 10.7. The molecule has 21 heavy (non-hydrogen) atoms. The summed E-state index contributed by atoms with van der Waals surface area (Å²) in [6, 6.07) is 2.12. The maximum Gasteiger partial charge on any atom is 0.133 e. The van der Waals surface area contributed by atoms with Crippen LogP contribution >= 0.6 is 0 Å². The standard InChI is InChI=1S/C15H24N6/c1-7-20(5)14-8-13(16-9-17-14)18-10(2)15-11(3)19-21(6)12(15)4/h8-10H,7H2,1-6H3,(H,16,17,18). The van der Waals surface area contributed by atoms with Gasteiger partial charge in [-0.15, -0.1) is 0 Å². The van der Waals surface area contributed by atoms with Gasteiger partial charge in [-0.05, 0) is 27.7 Å². The van der Waals surface area contributed by atoms with Crippen LogP contribution in [-0.2, 0) is 7.05 Å². The van der Waals surface area contributed by atoms with E-state index in [1.54, 1.807) is 6.33 Å². The van der Waals surface area contributed by atoms with Crippen LogP contribution in [0.3, 0.4) is 0 Å². The summed E-state index contributed by atoms with van der Waals surface area (Å²) in [5, 5.41) is 7.91. The molecule has 2 aromatic heterocycles. The van der Waals surface area contributed by atoms with Gasteiger partial charge in [0.05, 0.1) is 11.7 Å². The van der Waals surface area contributed by atoms with Crippen molar-refractivity contribution in [1.29, 1.82) is 0 Å². The van der Waals surface area contributed by atoms with Gasteiger partial charge in [0, 0.05) is 38.0 Å². The van der Waals surface area contributed by atoms with Crippen LogP contribution in [-0.4, -0.2) is 33.3 Å². The maximum absolute atomic E-state index is 4.47. The third kappa shape index (κ3) is 3.15. The molecule has 0 amide bonds. The van der Waals surface area contributed by atoms with E-state index in [9.17, 15) is 0 Å². The van der Waals surface area contributed by atoms with Gasteiger partial charge in [-0.1, -0.05) is 0 Å². The van der Waals surface area contributed by atoms with Gasteiger partial charge in [-0.25, -0.2) is 9.97 Å². The zero-order valence-electron chi connectivity index (χ0n) is 13.7. The molecule has 0 aromatic carbocycles. The fraction of sp³-hybridized carbons (Fsp3) is 0.533. The molecule has 2 rings (SSSR count). The van der Waals surface area contributed by atoms with Gasteiger partial charge in [-0.3, -0.25) is 4.68 Å². The molecule has 0 saturated carbocycles. The molecular formula is C15H24N6. The lowest BCUT2D eigenvalue weighted by Gasteiger charge is -2.18. The van der Waals surface area contributed by atoms with Gasteiger partial charge >= 0.3 is 0 Å². The molecule has 0 bridgehead atoms. The highest BCUT2D eigenvalue weighted by Crippen LogP contribution is 2.24. The van der Waals surface area contributed by atoms with Gasteiger partial charge in [0.2, 0.25) is 0 Å². The second kappa shape index (κ2) is 6.11. The average molecular weight is 288 g/mol. The number of nitrogens with zero attached hydrogens (tertiary/aromatic N) is 5. The number of hydrogen-bond acceptors (Lipinski definition) is 5. The first-order valence-corrected chi connectivity index (χ1v) is 7.23. The topological polar surface area (TPSA) is 58.9 Å². The summed E-state index contributed by atoms with van der Waals surface area (Å²) < 4.78 is 1.92. The molecule has 0 fully saturated rings. The summed E-state index contributed by atoms with van der Waals surface area (Å²) in [7, 11) is 3.99. The van der Waals surface area contributed by atoms with Gasteiger partial charge in [0.1, 0.15) is 18.0 Å². The maximum atomic E-state index is 4.47. The largest absolute Gasteiger partial charge is 0.363 e. The van der Waals surface area contributed by atoms with Crippen molar-refractivity contribution in [3.05, 3.63) is 29.3 Å². The Morgan fingerprint density at radius 2 is 2.05 bits per heavy atom. The Morgan fingerprint density at radius 1 is 1.33 bits per heavy atom. The predicted molar refractivity (Wildman–Crippen MR) is 85.7 cm³/mol. The molecule has 6 heteroatoms. The van der Waals surface area contributed by atoms with Crippen LogP contribution in [0.15, 0.2) is 12.4 Å². The third-order valence-corrected chi connectivity index (χ3v) is 3.88. The number of nitrogens with one attached hydrogen (secondary N) is 1. The van der Waals surface area contributed by atoms with Crippen molar-refractivity contribution in [2.75, 3.05) is 23.8 Å². The van der Waals surface area contributed by atoms with E-state index in [2.05, 4.69) is 46.1 Å². The summed E-state index contributed by atoms with van der Waals surface area (Å²) in [5.74, 6) is 1.75. The molecule has 114 valence electrons. The summed E-state index contributed by atoms with van der Waals surface area (Å²) in [6.45, 7) is 9.26. The highest BCUT2D eigenvalue weighted by molar-refractivity contribution is 5.49. The Labute approximate surface area is 126 Å².